The normalized spacial score (nSPS) is 10.1. The van der Waals surface area contributed by atoms with Crippen LogP contribution in [0.15, 0.2) is 28.0 Å². The lowest BCUT2D eigenvalue weighted by molar-refractivity contribution is 0.426. The lowest BCUT2D eigenvalue weighted by Gasteiger charge is -2.07. The van der Waals surface area contributed by atoms with Crippen molar-refractivity contribution >= 4 is 76.4 Å². The molecule has 1 aromatic carbocycles. The Morgan fingerprint density at radius 2 is 1.58 bits per heavy atom. The van der Waals surface area contributed by atoms with Crippen molar-refractivity contribution in [3.63, 3.8) is 0 Å². The van der Waals surface area contributed by atoms with Gasteiger partial charge in [0.25, 0.3) is 0 Å². The van der Waals surface area contributed by atoms with E-state index in [1.807, 2.05) is 0 Å². The molecule has 0 saturated heterocycles. The fraction of sp³-hybridized carbons (Fsp3) is 0.273. The highest BCUT2D eigenvalue weighted by Crippen LogP contribution is 2.38. The van der Waals surface area contributed by atoms with Crippen molar-refractivity contribution in [3.8, 4) is 0 Å². The molecule has 1 aromatic rings. The van der Waals surface area contributed by atoms with E-state index in [0.29, 0.717) is 8.77 Å². The lowest BCUT2D eigenvalue weighted by atomic mass is 10.2. The van der Waals surface area contributed by atoms with E-state index in [0.717, 1.165) is 4.90 Å². The van der Waals surface area contributed by atoms with Crippen LogP contribution in [-0.2, 0) is 9.47 Å². The van der Waals surface area contributed by atoms with E-state index >= 15 is 0 Å². The topological polar surface area (TPSA) is 18.5 Å². The molecular weight excluding hydrogens is 357 g/mol. The maximum Gasteiger partial charge on any atom is 0.230 e. The molecule has 0 radical (unpaired) electrons. The molecule has 0 amide bonds. The van der Waals surface area contributed by atoms with E-state index in [9.17, 15) is 0 Å². The third-order valence-electron chi connectivity index (χ3n) is 1.89. The SMILES string of the molecule is COC(=S)SSc1ccc(SSC(=S)OC)c(C)c1. The lowest BCUT2D eigenvalue weighted by Crippen LogP contribution is -1.88. The van der Waals surface area contributed by atoms with Gasteiger partial charge < -0.3 is 9.47 Å². The highest BCUT2D eigenvalue weighted by Gasteiger charge is 2.06. The van der Waals surface area contributed by atoms with E-state index < -0.39 is 0 Å². The van der Waals surface area contributed by atoms with Crippen LogP contribution in [0, 0.1) is 6.92 Å². The zero-order chi connectivity index (χ0) is 14.3. The molecule has 0 fully saturated rings. The standard InChI is InChI=1S/C11H12O2S6/c1-7-6-8(16-18-10(14)12-2)4-5-9(7)17-19-11(15)13-3/h4-6H,1-3H3. The van der Waals surface area contributed by atoms with Gasteiger partial charge in [-0.2, -0.15) is 0 Å². The van der Waals surface area contributed by atoms with Crippen molar-refractivity contribution in [1.29, 1.82) is 0 Å². The minimum absolute atomic E-state index is 0.530. The van der Waals surface area contributed by atoms with Crippen molar-refractivity contribution < 1.29 is 9.47 Å². The molecule has 0 aliphatic carbocycles. The minimum Gasteiger partial charge on any atom is -0.481 e. The van der Waals surface area contributed by atoms with Crippen LogP contribution in [0.1, 0.15) is 5.56 Å². The molecule has 0 unspecified atom stereocenters. The Morgan fingerprint density at radius 1 is 1.00 bits per heavy atom. The summed E-state index contributed by atoms with van der Waals surface area (Å²) in [6, 6.07) is 6.25. The maximum absolute atomic E-state index is 4.99. The molecule has 1 rings (SSSR count). The van der Waals surface area contributed by atoms with E-state index in [2.05, 4.69) is 25.1 Å². The number of benzene rings is 1. The second-order valence-electron chi connectivity index (χ2n) is 3.17. The largest absolute Gasteiger partial charge is 0.481 e. The average Bonchev–Trinajstić information content (AvgIpc) is 2.43. The number of hydrogen-bond donors (Lipinski definition) is 0. The molecule has 104 valence electrons. The van der Waals surface area contributed by atoms with Crippen LogP contribution in [-0.4, -0.2) is 23.0 Å². The first-order chi connectivity index (χ1) is 9.06. The first-order valence-corrected chi connectivity index (χ1v) is 10.1. The maximum atomic E-state index is 4.99. The summed E-state index contributed by atoms with van der Waals surface area (Å²) >= 11 is 9.97. The van der Waals surface area contributed by atoms with Crippen molar-refractivity contribution in [2.45, 2.75) is 16.7 Å². The molecule has 0 aliphatic rings. The van der Waals surface area contributed by atoms with Crippen LogP contribution in [0.5, 0.6) is 0 Å². The van der Waals surface area contributed by atoms with Crippen molar-refractivity contribution in [3.05, 3.63) is 23.8 Å². The van der Waals surface area contributed by atoms with E-state index in [-0.39, 0.29) is 0 Å². The summed E-state index contributed by atoms with van der Waals surface area (Å²) in [7, 11) is 9.24. The second-order valence-corrected chi connectivity index (χ2v) is 8.75. The number of rotatable bonds is 4. The Hall–Kier alpha value is 0.400. The summed E-state index contributed by atoms with van der Waals surface area (Å²) in [5.41, 5.74) is 1.20. The third kappa shape index (κ3) is 6.59. The monoisotopic (exact) mass is 368 g/mol. The summed E-state index contributed by atoms with van der Waals surface area (Å²) in [6.45, 7) is 2.07. The summed E-state index contributed by atoms with van der Waals surface area (Å²) in [5, 5.41) is 0. The van der Waals surface area contributed by atoms with Gasteiger partial charge in [0.2, 0.25) is 8.77 Å². The van der Waals surface area contributed by atoms with Gasteiger partial charge in [-0.1, -0.05) is 0 Å². The number of methoxy groups -OCH3 is 2. The first-order valence-electron chi connectivity index (χ1n) is 5.02. The van der Waals surface area contributed by atoms with Crippen molar-refractivity contribution in [2.24, 2.45) is 0 Å². The zero-order valence-corrected chi connectivity index (χ0v) is 15.4. The average molecular weight is 369 g/mol. The van der Waals surface area contributed by atoms with Crippen LogP contribution < -0.4 is 0 Å². The molecule has 0 aliphatic heterocycles. The van der Waals surface area contributed by atoms with Crippen LogP contribution >= 0.6 is 67.6 Å². The molecule has 0 atom stereocenters. The van der Waals surface area contributed by atoms with E-state index in [4.69, 9.17) is 33.9 Å². The third-order valence-corrected chi connectivity index (χ3v) is 7.73. The van der Waals surface area contributed by atoms with Gasteiger partial charge in [0, 0.05) is 9.79 Å². The zero-order valence-electron chi connectivity index (χ0n) is 10.5. The Labute approximate surface area is 139 Å². The fourth-order valence-electron chi connectivity index (χ4n) is 0.996. The molecule has 8 heteroatoms. The highest BCUT2D eigenvalue weighted by molar-refractivity contribution is 8.84. The van der Waals surface area contributed by atoms with E-state index in [1.165, 1.54) is 32.0 Å². The Kier molecular flexibility index (Phi) is 8.59. The van der Waals surface area contributed by atoms with Crippen LogP contribution in [0.25, 0.3) is 0 Å². The molecule has 2 nitrogen and oxygen atoms in total. The number of hydrogen-bond acceptors (Lipinski definition) is 8. The smallest absolute Gasteiger partial charge is 0.230 e. The van der Waals surface area contributed by atoms with Gasteiger partial charge >= 0.3 is 0 Å². The summed E-state index contributed by atoms with van der Waals surface area (Å²) < 4.78 is 11.0. The minimum atomic E-state index is 0.530. The van der Waals surface area contributed by atoms with Gasteiger partial charge in [0.15, 0.2) is 0 Å². The number of thiocarbonyl (C=S) groups is 2. The molecule has 0 N–H and O–H groups in total. The Balaban J connectivity index is 2.59. The molecule has 0 aromatic heterocycles. The molecular formula is C11H12O2S6. The summed E-state index contributed by atoms with van der Waals surface area (Å²) in [5.74, 6) is 0. The van der Waals surface area contributed by atoms with Crippen LogP contribution in [0.4, 0.5) is 0 Å². The van der Waals surface area contributed by atoms with Crippen molar-refractivity contribution in [2.75, 3.05) is 14.2 Å². The van der Waals surface area contributed by atoms with Gasteiger partial charge in [0.1, 0.15) is 0 Å². The van der Waals surface area contributed by atoms with Gasteiger partial charge in [-0.3, -0.25) is 0 Å². The highest BCUT2D eigenvalue weighted by atomic mass is 33.1. The Bertz CT molecular complexity index is 462. The van der Waals surface area contributed by atoms with Crippen LogP contribution in [0.3, 0.4) is 0 Å². The number of aryl methyl sites for hydroxylation is 1. The molecule has 0 saturated carbocycles. The molecule has 0 spiro atoms. The molecule has 0 heterocycles. The Morgan fingerprint density at radius 3 is 2.11 bits per heavy atom. The van der Waals surface area contributed by atoms with E-state index in [1.54, 1.807) is 35.8 Å². The predicted octanol–water partition coefficient (Wildman–Crippen LogP) is 5.34. The molecule has 0 bridgehead atoms. The van der Waals surface area contributed by atoms with Crippen LogP contribution in [0.2, 0.25) is 0 Å². The van der Waals surface area contributed by atoms with Gasteiger partial charge in [-0.15, -0.1) is 0 Å². The number of ether oxygens (including phenoxy) is 2. The predicted molar refractivity (Wildman–Crippen MR) is 97.3 cm³/mol. The molecule has 19 heavy (non-hydrogen) atoms. The fourth-order valence-corrected chi connectivity index (χ4v) is 4.98. The van der Waals surface area contributed by atoms with Crippen molar-refractivity contribution in [1.82, 2.24) is 0 Å². The summed E-state index contributed by atoms with van der Waals surface area (Å²) in [6.07, 6.45) is 0. The van der Waals surface area contributed by atoms with Gasteiger partial charge in [-0.05, 0) is 98.3 Å². The van der Waals surface area contributed by atoms with Gasteiger partial charge in [-0.25, -0.2) is 0 Å². The second kappa shape index (κ2) is 9.36. The van der Waals surface area contributed by atoms with Gasteiger partial charge in [0.05, 0.1) is 14.2 Å². The first kappa shape index (κ1) is 17.5. The summed E-state index contributed by atoms with van der Waals surface area (Å²) in [4.78, 5) is 2.32. The quantitative estimate of drug-likeness (QED) is 0.517.